The number of benzene rings is 1. The molecule has 0 N–H and O–H groups in total. The molecule has 0 aliphatic carbocycles. The van der Waals surface area contributed by atoms with Crippen LogP contribution < -0.4 is 4.74 Å². The Balaban J connectivity index is 3.06. The van der Waals surface area contributed by atoms with Gasteiger partial charge in [0.15, 0.2) is 11.9 Å². The second-order valence-electron chi connectivity index (χ2n) is 4.84. The Hall–Kier alpha value is -2.29. The Kier molecular flexibility index (Phi) is 6.47. The van der Waals surface area contributed by atoms with E-state index in [0.29, 0.717) is 5.76 Å². The third kappa shape index (κ3) is 4.95. The molecular formula is C18H22O3. The fourth-order valence-corrected chi connectivity index (χ4v) is 1.77. The number of rotatable bonds is 7. The molecule has 0 saturated heterocycles. The quantitative estimate of drug-likeness (QED) is 0.551. The topological polar surface area (TPSA) is 35.5 Å². The first-order chi connectivity index (χ1) is 9.99. The van der Waals surface area contributed by atoms with E-state index in [4.69, 9.17) is 9.47 Å². The van der Waals surface area contributed by atoms with Gasteiger partial charge in [-0.2, -0.15) is 0 Å². The first-order valence-electron chi connectivity index (χ1n) is 6.77. The van der Waals surface area contributed by atoms with Gasteiger partial charge in [0.25, 0.3) is 0 Å². The Morgan fingerprint density at radius 1 is 1.19 bits per heavy atom. The zero-order valence-corrected chi connectivity index (χ0v) is 13.1. The summed E-state index contributed by atoms with van der Waals surface area (Å²) in [6.07, 6.45) is 4.63. The SMILES string of the molecule is C=C/C=C\C(OC(C(C)=O)c1ccc(OC)cc1)=C(C)C. The maximum absolute atomic E-state index is 11.9. The normalized spacial score (nSPS) is 11.8. The van der Waals surface area contributed by atoms with E-state index in [9.17, 15) is 4.79 Å². The van der Waals surface area contributed by atoms with Crippen molar-refractivity contribution in [2.75, 3.05) is 7.11 Å². The summed E-state index contributed by atoms with van der Waals surface area (Å²) >= 11 is 0. The van der Waals surface area contributed by atoms with Crippen LogP contribution in [-0.4, -0.2) is 12.9 Å². The van der Waals surface area contributed by atoms with Crippen molar-refractivity contribution in [3.05, 3.63) is 66.0 Å². The van der Waals surface area contributed by atoms with E-state index in [2.05, 4.69) is 6.58 Å². The lowest BCUT2D eigenvalue weighted by Gasteiger charge is -2.19. The van der Waals surface area contributed by atoms with Gasteiger partial charge in [-0.15, -0.1) is 0 Å². The average molecular weight is 286 g/mol. The fourth-order valence-electron chi connectivity index (χ4n) is 1.77. The van der Waals surface area contributed by atoms with Crippen molar-refractivity contribution in [2.45, 2.75) is 26.9 Å². The van der Waals surface area contributed by atoms with E-state index in [0.717, 1.165) is 16.9 Å². The van der Waals surface area contributed by atoms with Gasteiger partial charge in [-0.3, -0.25) is 4.79 Å². The molecule has 1 aromatic carbocycles. The second kappa shape index (κ2) is 8.10. The highest BCUT2D eigenvalue weighted by Gasteiger charge is 2.19. The first kappa shape index (κ1) is 16.8. The van der Waals surface area contributed by atoms with Crippen LogP contribution in [-0.2, 0) is 9.53 Å². The molecule has 0 amide bonds. The van der Waals surface area contributed by atoms with Crippen molar-refractivity contribution in [3.8, 4) is 5.75 Å². The average Bonchev–Trinajstić information content (AvgIpc) is 2.47. The predicted octanol–water partition coefficient (Wildman–Crippen LogP) is 4.38. The standard InChI is InChI=1S/C18H22O3/c1-6-7-8-17(13(2)3)21-18(14(4)19)15-9-11-16(20-5)12-10-15/h6-12,18H,1H2,2-5H3/b8-7-. The molecule has 0 heterocycles. The highest BCUT2D eigenvalue weighted by atomic mass is 16.5. The summed E-state index contributed by atoms with van der Waals surface area (Å²) in [5, 5.41) is 0. The Bertz CT molecular complexity index is 546. The molecular weight excluding hydrogens is 264 g/mol. The Labute approximate surface area is 126 Å². The summed E-state index contributed by atoms with van der Waals surface area (Å²) in [6.45, 7) is 9.04. The molecule has 3 heteroatoms. The number of carbonyl (C=O) groups is 1. The maximum atomic E-state index is 11.9. The summed E-state index contributed by atoms with van der Waals surface area (Å²) in [4.78, 5) is 11.9. The van der Waals surface area contributed by atoms with E-state index in [-0.39, 0.29) is 5.78 Å². The molecule has 1 atom stereocenters. The number of methoxy groups -OCH3 is 1. The zero-order valence-electron chi connectivity index (χ0n) is 13.1. The maximum Gasteiger partial charge on any atom is 0.181 e. The molecule has 1 aromatic rings. The molecule has 21 heavy (non-hydrogen) atoms. The van der Waals surface area contributed by atoms with Crippen molar-refractivity contribution in [2.24, 2.45) is 0 Å². The fraction of sp³-hybridized carbons (Fsp3) is 0.278. The minimum Gasteiger partial charge on any atom is -0.497 e. The van der Waals surface area contributed by atoms with Gasteiger partial charge in [-0.25, -0.2) is 0 Å². The number of hydrogen-bond donors (Lipinski definition) is 0. The molecule has 0 spiro atoms. The molecule has 0 aliphatic rings. The van der Waals surface area contributed by atoms with E-state index in [1.165, 1.54) is 6.92 Å². The van der Waals surface area contributed by atoms with Gasteiger partial charge in [0.05, 0.1) is 7.11 Å². The van der Waals surface area contributed by atoms with Crippen LogP contribution in [0.1, 0.15) is 32.4 Å². The summed E-state index contributed by atoms with van der Waals surface area (Å²) in [5.41, 5.74) is 1.79. The minimum absolute atomic E-state index is 0.0501. The lowest BCUT2D eigenvalue weighted by molar-refractivity contribution is -0.126. The van der Waals surface area contributed by atoms with Crippen LogP contribution in [0.2, 0.25) is 0 Å². The molecule has 112 valence electrons. The van der Waals surface area contributed by atoms with E-state index >= 15 is 0 Å². The highest BCUT2D eigenvalue weighted by Crippen LogP contribution is 2.25. The van der Waals surface area contributed by atoms with Crippen molar-refractivity contribution in [1.29, 1.82) is 0 Å². The van der Waals surface area contributed by atoms with Gasteiger partial charge in [-0.1, -0.05) is 30.9 Å². The van der Waals surface area contributed by atoms with Crippen molar-refractivity contribution < 1.29 is 14.3 Å². The minimum atomic E-state index is -0.629. The number of carbonyl (C=O) groups excluding carboxylic acids is 1. The number of ketones is 1. The van der Waals surface area contributed by atoms with Crippen LogP contribution >= 0.6 is 0 Å². The van der Waals surface area contributed by atoms with E-state index in [1.54, 1.807) is 19.3 Å². The largest absolute Gasteiger partial charge is 0.497 e. The summed E-state index contributed by atoms with van der Waals surface area (Å²) < 4.78 is 11.0. The number of hydrogen-bond acceptors (Lipinski definition) is 3. The van der Waals surface area contributed by atoms with Crippen molar-refractivity contribution in [1.82, 2.24) is 0 Å². The summed E-state index contributed by atoms with van der Waals surface area (Å²) in [7, 11) is 1.61. The highest BCUT2D eigenvalue weighted by molar-refractivity contribution is 5.82. The van der Waals surface area contributed by atoms with Gasteiger partial charge in [-0.05, 0) is 44.6 Å². The lowest BCUT2D eigenvalue weighted by Crippen LogP contribution is -2.13. The number of ether oxygens (including phenoxy) is 2. The summed E-state index contributed by atoms with van der Waals surface area (Å²) in [5.74, 6) is 1.37. The predicted molar refractivity (Wildman–Crippen MR) is 85.2 cm³/mol. The van der Waals surface area contributed by atoms with Crippen LogP contribution in [0.15, 0.2) is 60.4 Å². The third-order valence-electron chi connectivity index (χ3n) is 2.91. The number of allylic oxidation sites excluding steroid dienone is 4. The van der Waals surface area contributed by atoms with Crippen LogP contribution in [0.5, 0.6) is 5.75 Å². The zero-order chi connectivity index (χ0) is 15.8. The van der Waals surface area contributed by atoms with Gasteiger partial charge >= 0.3 is 0 Å². The van der Waals surface area contributed by atoms with Crippen LogP contribution in [0.3, 0.4) is 0 Å². The Morgan fingerprint density at radius 2 is 1.81 bits per heavy atom. The molecule has 0 aliphatic heterocycles. The van der Waals surface area contributed by atoms with Crippen LogP contribution in [0, 0.1) is 0 Å². The van der Waals surface area contributed by atoms with Crippen LogP contribution in [0.4, 0.5) is 0 Å². The molecule has 3 nitrogen and oxygen atoms in total. The molecule has 0 bridgehead atoms. The van der Waals surface area contributed by atoms with Crippen LogP contribution in [0.25, 0.3) is 0 Å². The molecule has 0 radical (unpaired) electrons. The molecule has 0 aromatic heterocycles. The van der Waals surface area contributed by atoms with E-state index in [1.807, 2.05) is 44.2 Å². The van der Waals surface area contributed by atoms with Gasteiger partial charge in [0.2, 0.25) is 0 Å². The second-order valence-corrected chi connectivity index (χ2v) is 4.84. The van der Waals surface area contributed by atoms with Gasteiger partial charge in [0.1, 0.15) is 11.5 Å². The van der Waals surface area contributed by atoms with Crippen molar-refractivity contribution in [3.63, 3.8) is 0 Å². The molecule has 0 saturated carbocycles. The summed E-state index contributed by atoms with van der Waals surface area (Å²) in [6, 6.07) is 7.31. The van der Waals surface area contributed by atoms with Gasteiger partial charge < -0.3 is 9.47 Å². The smallest absolute Gasteiger partial charge is 0.181 e. The van der Waals surface area contributed by atoms with Crippen molar-refractivity contribution >= 4 is 5.78 Å². The van der Waals surface area contributed by atoms with Gasteiger partial charge in [0, 0.05) is 5.56 Å². The molecule has 1 rings (SSSR count). The third-order valence-corrected chi connectivity index (χ3v) is 2.91. The first-order valence-corrected chi connectivity index (χ1v) is 6.77. The number of Topliss-reactive ketones (excluding diaryl/α,β-unsaturated/α-hetero) is 1. The Morgan fingerprint density at radius 3 is 2.24 bits per heavy atom. The molecule has 0 fully saturated rings. The lowest BCUT2D eigenvalue weighted by atomic mass is 10.1. The van der Waals surface area contributed by atoms with E-state index < -0.39 is 6.10 Å². The molecule has 1 unspecified atom stereocenters. The monoisotopic (exact) mass is 286 g/mol.